The topological polar surface area (TPSA) is 24.4 Å². The molecule has 2 atom stereocenters. The predicted molar refractivity (Wildman–Crippen MR) is 67.3 cm³/mol. The summed E-state index contributed by atoms with van der Waals surface area (Å²) < 4.78 is 0. The molecule has 0 spiro atoms. The second kappa shape index (κ2) is 4.71. The zero-order valence-electron chi connectivity index (χ0n) is 9.10. The van der Waals surface area contributed by atoms with Crippen LogP contribution in [0.1, 0.15) is 25.5 Å². The van der Waals surface area contributed by atoms with Crippen LogP contribution in [0.15, 0.2) is 35.3 Å². The van der Waals surface area contributed by atoms with Crippen molar-refractivity contribution in [3.05, 3.63) is 35.9 Å². The highest BCUT2D eigenvalue weighted by molar-refractivity contribution is 8.14. The lowest BCUT2D eigenvalue weighted by Gasteiger charge is -2.14. The number of thioether (sulfide) groups is 1. The van der Waals surface area contributed by atoms with Gasteiger partial charge < -0.3 is 5.32 Å². The van der Waals surface area contributed by atoms with E-state index in [0.717, 1.165) is 11.7 Å². The molecular weight excluding hydrogens is 204 g/mol. The molecule has 3 heteroatoms. The molecule has 0 radical (unpaired) electrons. The first-order valence-corrected chi connectivity index (χ1v) is 6.16. The Morgan fingerprint density at radius 1 is 1.40 bits per heavy atom. The number of hydrogen-bond acceptors (Lipinski definition) is 3. The average molecular weight is 220 g/mol. The molecule has 0 saturated carbocycles. The van der Waals surface area contributed by atoms with Crippen molar-refractivity contribution in [3.63, 3.8) is 0 Å². The molecule has 80 valence electrons. The minimum absolute atomic E-state index is 0.336. The fourth-order valence-electron chi connectivity index (χ4n) is 1.57. The number of nitrogens with one attached hydrogen (secondary N) is 1. The van der Waals surface area contributed by atoms with Crippen LogP contribution in [0, 0.1) is 0 Å². The van der Waals surface area contributed by atoms with Crippen LogP contribution in [0.25, 0.3) is 0 Å². The Balaban J connectivity index is 1.96. The van der Waals surface area contributed by atoms with Gasteiger partial charge in [-0.05, 0) is 12.5 Å². The SMILES string of the molecule is C[C@@H]1CN=C(N[C@H](C)c2ccccc2)S1. The van der Waals surface area contributed by atoms with E-state index < -0.39 is 0 Å². The van der Waals surface area contributed by atoms with E-state index >= 15 is 0 Å². The maximum Gasteiger partial charge on any atom is 0.157 e. The third kappa shape index (κ3) is 2.75. The van der Waals surface area contributed by atoms with Crippen LogP contribution in [-0.4, -0.2) is 17.0 Å². The molecule has 0 saturated heterocycles. The first-order chi connectivity index (χ1) is 7.25. The Bertz CT molecular complexity index is 348. The molecule has 0 fully saturated rings. The van der Waals surface area contributed by atoms with Crippen LogP contribution >= 0.6 is 11.8 Å². The van der Waals surface area contributed by atoms with E-state index in [9.17, 15) is 0 Å². The number of hydrogen-bond donors (Lipinski definition) is 1. The Hall–Kier alpha value is -0.960. The molecule has 1 aliphatic rings. The van der Waals surface area contributed by atoms with Crippen molar-refractivity contribution in [1.29, 1.82) is 0 Å². The van der Waals surface area contributed by atoms with Gasteiger partial charge in [-0.15, -0.1) is 0 Å². The van der Waals surface area contributed by atoms with Crippen LogP contribution in [0.4, 0.5) is 0 Å². The van der Waals surface area contributed by atoms with E-state index in [-0.39, 0.29) is 0 Å². The van der Waals surface area contributed by atoms with Crippen molar-refractivity contribution in [2.24, 2.45) is 4.99 Å². The predicted octanol–water partition coefficient (Wildman–Crippen LogP) is 2.83. The van der Waals surface area contributed by atoms with Crippen molar-refractivity contribution in [3.8, 4) is 0 Å². The van der Waals surface area contributed by atoms with E-state index in [2.05, 4.69) is 48.4 Å². The molecule has 1 aromatic rings. The van der Waals surface area contributed by atoms with Crippen LogP contribution in [0.2, 0.25) is 0 Å². The van der Waals surface area contributed by atoms with Crippen LogP contribution in [0.3, 0.4) is 0 Å². The second-order valence-corrected chi connectivity index (χ2v) is 5.28. The minimum Gasteiger partial charge on any atom is -0.358 e. The lowest BCUT2D eigenvalue weighted by Crippen LogP contribution is -2.23. The van der Waals surface area contributed by atoms with Gasteiger partial charge in [0.2, 0.25) is 0 Å². The third-order valence-corrected chi connectivity index (χ3v) is 3.47. The molecule has 1 heterocycles. The van der Waals surface area contributed by atoms with Crippen molar-refractivity contribution in [2.75, 3.05) is 6.54 Å². The van der Waals surface area contributed by atoms with Gasteiger partial charge in [0.25, 0.3) is 0 Å². The molecular formula is C12H16N2S. The number of nitrogens with zero attached hydrogens (tertiary/aromatic N) is 1. The number of benzene rings is 1. The molecule has 1 N–H and O–H groups in total. The number of amidine groups is 1. The summed E-state index contributed by atoms with van der Waals surface area (Å²) >= 11 is 1.83. The Morgan fingerprint density at radius 3 is 2.73 bits per heavy atom. The summed E-state index contributed by atoms with van der Waals surface area (Å²) in [4.78, 5) is 4.45. The third-order valence-electron chi connectivity index (χ3n) is 2.44. The molecule has 2 nitrogen and oxygen atoms in total. The highest BCUT2D eigenvalue weighted by atomic mass is 32.2. The van der Waals surface area contributed by atoms with E-state index in [4.69, 9.17) is 0 Å². The summed E-state index contributed by atoms with van der Waals surface area (Å²) in [5.41, 5.74) is 1.31. The number of rotatable bonds is 2. The standard InChI is InChI=1S/C12H16N2S/c1-9-8-13-12(15-9)14-10(2)11-6-4-3-5-7-11/h3-7,9-10H,8H2,1-2H3,(H,13,14)/t9-,10-/m1/s1. The van der Waals surface area contributed by atoms with Gasteiger partial charge in [0.05, 0.1) is 12.6 Å². The quantitative estimate of drug-likeness (QED) is 0.829. The summed E-state index contributed by atoms with van der Waals surface area (Å²) in [7, 11) is 0. The summed E-state index contributed by atoms with van der Waals surface area (Å²) in [5, 5.41) is 5.14. The van der Waals surface area contributed by atoms with Crippen molar-refractivity contribution < 1.29 is 0 Å². The van der Waals surface area contributed by atoms with Gasteiger partial charge in [-0.3, -0.25) is 4.99 Å². The molecule has 2 rings (SSSR count). The van der Waals surface area contributed by atoms with Gasteiger partial charge in [-0.2, -0.15) is 0 Å². The molecule has 15 heavy (non-hydrogen) atoms. The van der Waals surface area contributed by atoms with Gasteiger partial charge in [0.15, 0.2) is 5.17 Å². The zero-order valence-corrected chi connectivity index (χ0v) is 9.92. The zero-order chi connectivity index (χ0) is 10.7. The first-order valence-electron chi connectivity index (χ1n) is 5.28. The fraction of sp³-hybridized carbons (Fsp3) is 0.417. The average Bonchev–Trinajstić information content (AvgIpc) is 2.65. The van der Waals surface area contributed by atoms with Gasteiger partial charge in [-0.1, -0.05) is 49.0 Å². The lowest BCUT2D eigenvalue weighted by atomic mass is 10.1. The maximum absolute atomic E-state index is 4.45. The molecule has 1 aliphatic heterocycles. The highest BCUT2D eigenvalue weighted by Gasteiger charge is 2.16. The highest BCUT2D eigenvalue weighted by Crippen LogP contribution is 2.21. The maximum atomic E-state index is 4.45. The molecule has 0 aromatic heterocycles. The molecule has 0 amide bonds. The summed E-state index contributed by atoms with van der Waals surface area (Å²) in [6, 6.07) is 10.8. The van der Waals surface area contributed by atoms with Crippen molar-refractivity contribution in [2.45, 2.75) is 25.1 Å². The fourth-order valence-corrected chi connectivity index (χ4v) is 2.49. The molecule has 0 aliphatic carbocycles. The largest absolute Gasteiger partial charge is 0.358 e. The van der Waals surface area contributed by atoms with Gasteiger partial charge in [0, 0.05) is 5.25 Å². The summed E-state index contributed by atoms with van der Waals surface area (Å²) in [5.74, 6) is 0. The first kappa shape index (κ1) is 10.6. The monoisotopic (exact) mass is 220 g/mol. The Kier molecular flexibility index (Phi) is 3.31. The number of aliphatic imine (C=N–C) groups is 1. The summed E-state index contributed by atoms with van der Waals surface area (Å²) in [6.45, 7) is 5.31. The van der Waals surface area contributed by atoms with Crippen molar-refractivity contribution in [1.82, 2.24) is 5.32 Å². The second-order valence-electron chi connectivity index (χ2n) is 3.85. The van der Waals surface area contributed by atoms with Crippen LogP contribution in [-0.2, 0) is 0 Å². The van der Waals surface area contributed by atoms with Crippen LogP contribution < -0.4 is 5.32 Å². The normalized spacial score (nSPS) is 22.3. The van der Waals surface area contributed by atoms with Crippen molar-refractivity contribution >= 4 is 16.9 Å². The summed E-state index contributed by atoms with van der Waals surface area (Å²) in [6.07, 6.45) is 0. The molecule has 1 aromatic carbocycles. The Morgan fingerprint density at radius 2 is 2.13 bits per heavy atom. The van der Waals surface area contributed by atoms with Gasteiger partial charge in [0.1, 0.15) is 0 Å². The van der Waals surface area contributed by atoms with E-state index in [1.807, 2.05) is 17.8 Å². The van der Waals surface area contributed by atoms with E-state index in [0.29, 0.717) is 11.3 Å². The van der Waals surface area contributed by atoms with E-state index in [1.165, 1.54) is 5.56 Å². The minimum atomic E-state index is 0.336. The van der Waals surface area contributed by atoms with Crippen LogP contribution in [0.5, 0.6) is 0 Å². The molecule has 0 unspecified atom stereocenters. The molecule has 0 bridgehead atoms. The van der Waals surface area contributed by atoms with Gasteiger partial charge >= 0.3 is 0 Å². The smallest absolute Gasteiger partial charge is 0.157 e. The lowest BCUT2D eigenvalue weighted by molar-refractivity contribution is 0.723. The van der Waals surface area contributed by atoms with Gasteiger partial charge in [-0.25, -0.2) is 0 Å². The van der Waals surface area contributed by atoms with E-state index in [1.54, 1.807) is 0 Å². The Labute approximate surface area is 95.2 Å².